The minimum Gasteiger partial charge on any atom is -0.493 e. The van der Waals surface area contributed by atoms with Gasteiger partial charge in [0, 0.05) is 44.7 Å². The first kappa shape index (κ1) is 43.0. The zero-order valence-electron chi connectivity index (χ0n) is 32.3. The van der Waals surface area contributed by atoms with Crippen LogP contribution in [0.25, 0.3) is 0 Å². The van der Waals surface area contributed by atoms with Crippen LogP contribution in [0.4, 0.5) is 0 Å². The van der Waals surface area contributed by atoms with Crippen molar-refractivity contribution < 1.29 is 28.9 Å². The van der Waals surface area contributed by atoms with E-state index in [1.54, 1.807) is 14.2 Å². The number of carbonyl (C=O) groups is 2. The number of rotatable bonds is 23. The molecule has 0 saturated heterocycles. The Morgan fingerprint density at radius 3 is 2.20 bits per heavy atom. The van der Waals surface area contributed by atoms with Crippen LogP contribution in [-0.4, -0.2) is 69.1 Å². The maximum atomic E-state index is 13.8. The first-order chi connectivity index (χ1) is 23.6. The predicted molar refractivity (Wildman–Crippen MR) is 202 cm³/mol. The van der Waals surface area contributed by atoms with Crippen molar-refractivity contribution >= 4 is 11.8 Å². The molecule has 2 aromatic rings. The van der Waals surface area contributed by atoms with Gasteiger partial charge in [-0.25, -0.2) is 0 Å². The van der Waals surface area contributed by atoms with E-state index in [9.17, 15) is 14.7 Å². The molecule has 50 heavy (non-hydrogen) atoms. The van der Waals surface area contributed by atoms with Gasteiger partial charge in [-0.05, 0) is 78.5 Å². The predicted octanol–water partition coefficient (Wildman–Crippen LogP) is 6.34. The van der Waals surface area contributed by atoms with Crippen LogP contribution < -0.4 is 25.8 Å². The molecule has 5 atom stereocenters. The first-order valence-corrected chi connectivity index (χ1v) is 18.5. The zero-order chi connectivity index (χ0) is 37.3. The van der Waals surface area contributed by atoms with Crippen molar-refractivity contribution in [1.82, 2.24) is 10.6 Å². The first-order valence-electron chi connectivity index (χ1n) is 18.5. The normalized spacial score (nSPS) is 14.9. The van der Waals surface area contributed by atoms with Crippen LogP contribution in [0.1, 0.15) is 91.7 Å². The molecule has 9 heteroatoms. The van der Waals surface area contributed by atoms with Crippen molar-refractivity contribution in [3.63, 3.8) is 0 Å². The fourth-order valence-electron chi connectivity index (χ4n) is 6.37. The quantitative estimate of drug-likeness (QED) is 0.0998. The third-order valence-electron chi connectivity index (χ3n) is 9.35. The minimum absolute atomic E-state index is 0.0141. The van der Waals surface area contributed by atoms with Gasteiger partial charge in [-0.1, -0.05) is 84.9 Å². The molecule has 0 saturated carbocycles. The molecule has 1 unspecified atom stereocenters. The average molecular weight is 698 g/mol. The van der Waals surface area contributed by atoms with Crippen LogP contribution in [0.3, 0.4) is 0 Å². The second kappa shape index (κ2) is 21.9. The molecule has 0 heterocycles. The number of ether oxygens (including phenoxy) is 3. The third kappa shape index (κ3) is 16.3. The van der Waals surface area contributed by atoms with Gasteiger partial charge in [-0.15, -0.1) is 0 Å². The maximum Gasteiger partial charge on any atom is 0.224 e. The SMILES string of the molecule is COCCCOc1cc(C[C@@H](C[C@H](N)[C@@H](O)C[C@H](C(=O)NC(CCNC(=O)Cc2ccccc2)CC(C)(C)C)C(C)C)C(C)C)ccc1OC. The van der Waals surface area contributed by atoms with E-state index >= 15 is 0 Å². The largest absolute Gasteiger partial charge is 0.493 e. The van der Waals surface area contributed by atoms with Gasteiger partial charge >= 0.3 is 0 Å². The highest BCUT2D eigenvalue weighted by atomic mass is 16.5. The molecular weight excluding hydrogens is 630 g/mol. The Morgan fingerprint density at radius 2 is 1.60 bits per heavy atom. The van der Waals surface area contributed by atoms with Crippen LogP contribution in [-0.2, 0) is 27.2 Å². The number of aliphatic hydroxyl groups is 1. The molecule has 0 fully saturated rings. The molecule has 282 valence electrons. The summed E-state index contributed by atoms with van der Waals surface area (Å²) in [6.07, 6.45) is 3.35. The van der Waals surface area contributed by atoms with E-state index in [1.165, 1.54) is 0 Å². The summed E-state index contributed by atoms with van der Waals surface area (Å²) < 4.78 is 16.7. The van der Waals surface area contributed by atoms with E-state index < -0.39 is 18.1 Å². The van der Waals surface area contributed by atoms with E-state index in [4.69, 9.17) is 19.9 Å². The fourth-order valence-corrected chi connectivity index (χ4v) is 6.37. The molecule has 0 bridgehead atoms. The van der Waals surface area contributed by atoms with Gasteiger partial charge in [-0.3, -0.25) is 9.59 Å². The molecule has 5 N–H and O–H groups in total. The highest BCUT2D eigenvalue weighted by Crippen LogP contribution is 2.32. The number of amides is 2. The smallest absolute Gasteiger partial charge is 0.224 e. The topological polar surface area (TPSA) is 132 Å². The Morgan fingerprint density at radius 1 is 0.900 bits per heavy atom. The standard InChI is InChI=1S/C41H67N3O6/c1-28(2)32(22-31-16-17-37(49-9)38(23-31)50-21-13-20-48-8)25-35(42)36(45)26-34(29(3)4)40(47)44-33(27-41(5,6)7)18-19-43-39(46)24-30-14-11-10-12-15-30/h10-12,14-17,23,28-29,32-36,45H,13,18-22,24-27,42H2,1-9H3,(H,43,46)(H,44,47)/t32-,33?,34-,35-,36-/m0/s1. The van der Waals surface area contributed by atoms with Crippen molar-refractivity contribution in [3.8, 4) is 11.5 Å². The Kier molecular flexibility index (Phi) is 18.9. The Bertz CT molecular complexity index is 1260. The maximum absolute atomic E-state index is 13.8. The van der Waals surface area contributed by atoms with E-state index in [-0.39, 0.29) is 41.5 Å². The summed E-state index contributed by atoms with van der Waals surface area (Å²) in [6, 6.07) is 15.1. The van der Waals surface area contributed by atoms with Crippen LogP contribution in [0, 0.1) is 29.1 Å². The van der Waals surface area contributed by atoms with Crippen LogP contribution in [0.5, 0.6) is 11.5 Å². The van der Waals surface area contributed by atoms with Gasteiger partial charge < -0.3 is 35.7 Å². The van der Waals surface area contributed by atoms with Crippen molar-refractivity contribution in [3.05, 3.63) is 59.7 Å². The number of methoxy groups -OCH3 is 2. The lowest BCUT2D eigenvalue weighted by Crippen LogP contribution is -2.46. The molecule has 0 spiro atoms. The second-order valence-corrected chi connectivity index (χ2v) is 15.7. The third-order valence-corrected chi connectivity index (χ3v) is 9.35. The van der Waals surface area contributed by atoms with Gasteiger partial charge in [0.05, 0.1) is 26.2 Å². The van der Waals surface area contributed by atoms with Gasteiger partial charge in [0.25, 0.3) is 0 Å². The second-order valence-electron chi connectivity index (χ2n) is 15.7. The van der Waals surface area contributed by atoms with Gasteiger partial charge in [-0.2, -0.15) is 0 Å². The molecule has 2 amide bonds. The molecule has 0 radical (unpaired) electrons. The molecule has 2 rings (SSSR count). The van der Waals surface area contributed by atoms with E-state index in [1.807, 2.05) is 56.3 Å². The Labute approximate surface area is 302 Å². The average Bonchev–Trinajstić information content (AvgIpc) is 3.04. The molecule has 0 aliphatic heterocycles. The number of carbonyl (C=O) groups excluding carboxylic acids is 2. The van der Waals surface area contributed by atoms with Crippen molar-refractivity contribution in [2.75, 3.05) is 34.0 Å². The van der Waals surface area contributed by atoms with Crippen LogP contribution >= 0.6 is 0 Å². The highest BCUT2D eigenvalue weighted by molar-refractivity contribution is 5.79. The Balaban J connectivity index is 2.03. The Hall–Kier alpha value is -3.14. The molecule has 2 aromatic carbocycles. The van der Waals surface area contributed by atoms with E-state index in [2.05, 4.69) is 51.3 Å². The molecule has 9 nitrogen and oxygen atoms in total. The summed E-state index contributed by atoms with van der Waals surface area (Å²) in [4.78, 5) is 26.3. The lowest BCUT2D eigenvalue weighted by molar-refractivity contribution is -0.128. The number of nitrogens with one attached hydrogen (secondary N) is 2. The van der Waals surface area contributed by atoms with Crippen molar-refractivity contribution in [1.29, 1.82) is 0 Å². The number of benzene rings is 2. The summed E-state index contributed by atoms with van der Waals surface area (Å²) >= 11 is 0. The molecule has 0 aromatic heterocycles. The monoisotopic (exact) mass is 698 g/mol. The summed E-state index contributed by atoms with van der Waals surface area (Å²) in [5.74, 6) is 1.45. The van der Waals surface area contributed by atoms with Crippen molar-refractivity contribution in [2.45, 2.75) is 112 Å². The lowest BCUT2D eigenvalue weighted by Gasteiger charge is -2.32. The van der Waals surface area contributed by atoms with Gasteiger partial charge in [0.15, 0.2) is 11.5 Å². The summed E-state index contributed by atoms with van der Waals surface area (Å²) in [7, 11) is 3.31. The number of hydrogen-bond acceptors (Lipinski definition) is 7. The molecule has 0 aliphatic carbocycles. The van der Waals surface area contributed by atoms with E-state index in [0.29, 0.717) is 56.4 Å². The molecular formula is C41H67N3O6. The number of aliphatic hydroxyl groups excluding tert-OH is 1. The van der Waals surface area contributed by atoms with Crippen LogP contribution in [0.15, 0.2) is 48.5 Å². The number of hydrogen-bond donors (Lipinski definition) is 4. The van der Waals surface area contributed by atoms with Gasteiger partial charge in [0.2, 0.25) is 11.8 Å². The van der Waals surface area contributed by atoms with Crippen molar-refractivity contribution in [2.24, 2.45) is 34.8 Å². The fraction of sp³-hybridized carbons (Fsp3) is 0.659. The zero-order valence-corrected chi connectivity index (χ0v) is 32.3. The minimum atomic E-state index is -0.830. The lowest BCUT2D eigenvalue weighted by atomic mass is 9.80. The number of nitrogens with two attached hydrogens (primary N) is 1. The summed E-state index contributed by atoms with van der Waals surface area (Å²) in [6.45, 7) is 16.5. The van der Waals surface area contributed by atoms with E-state index in [0.717, 1.165) is 30.4 Å². The van der Waals surface area contributed by atoms with Crippen LogP contribution in [0.2, 0.25) is 0 Å². The highest BCUT2D eigenvalue weighted by Gasteiger charge is 2.31. The van der Waals surface area contributed by atoms with Gasteiger partial charge in [0.1, 0.15) is 0 Å². The summed E-state index contributed by atoms with van der Waals surface area (Å²) in [5, 5.41) is 17.7. The summed E-state index contributed by atoms with van der Waals surface area (Å²) in [5.41, 5.74) is 8.75. The molecule has 0 aliphatic rings.